The van der Waals surface area contributed by atoms with Gasteiger partial charge in [-0.1, -0.05) is 65.9 Å². The molecule has 1 atom stereocenters. The first kappa shape index (κ1) is 25.9. The number of aromatic nitrogens is 3. The maximum absolute atomic E-state index is 13.3. The standard InChI is InChI=1S/C26H20F6N4O/c1-16(18-8-4-2-5-9-18)33-24(37)22-23(19-10-6-3-7-11-19)36(35-34-22)15-17-12-20(25(27,28)29)14-21(13-17)26(30,31)32/h2-14,16H,15H2,1H3,(H,33,37)/t16-/m0/s1. The first-order valence-electron chi connectivity index (χ1n) is 11.1. The molecule has 0 saturated heterocycles. The lowest BCUT2D eigenvalue weighted by atomic mass is 10.0. The monoisotopic (exact) mass is 518 g/mol. The average Bonchev–Trinajstić information content (AvgIpc) is 3.27. The molecular weight excluding hydrogens is 498 g/mol. The molecule has 1 amide bonds. The van der Waals surface area contributed by atoms with Crippen LogP contribution in [0.5, 0.6) is 0 Å². The first-order valence-corrected chi connectivity index (χ1v) is 11.1. The van der Waals surface area contributed by atoms with Gasteiger partial charge in [0.25, 0.3) is 5.91 Å². The molecule has 1 N–H and O–H groups in total. The Morgan fingerprint density at radius 2 is 1.41 bits per heavy atom. The van der Waals surface area contributed by atoms with Crippen LogP contribution in [0, 0.1) is 0 Å². The maximum Gasteiger partial charge on any atom is 0.416 e. The fraction of sp³-hybridized carbons (Fsp3) is 0.192. The van der Waals surface area contributed by atoms with E-state index in [-0.39, 0.29) is 23.0 Å². The lowest BCUT2D eigenvalue weighted by Crippen LogP contribution is -2.27. The van der Waals surface area contributed by atoms with E-state index in [9.17, 15) is 31.1 Å². The van der Waals surface area contributed by atoms with Crippen molar-refractivity contribution in [3.05, 3.63) is 107 Å². The number of rotatable bonds is 6. The van der Waals surface area contributed by atoms with E-state index < -0.39 is 42.0 Å². The van der Waals surface area contributed by atoms with Crippen LogP contribution in [-0.2, 0) is 18.9 Å². The van der Waals surface area contributed by atoms with Crippen LogP contribution in [0.15, 0.2) is 78.9 Å². The van der Waals surface area contributed by atoms with E-state index in [1.54, 1.807) is 37.3 Å². The van der Waals surface area contributed by atoms with Gasteiger partial charge >= 0.3 is 12.4 Å². The first-order chi connectivity index (χ1) is 17.4. The zero-order chi connectivity index (χ0) is 26.8. The molecule has 192 valence electrons. The van der Waals surface area contributed by atoms with Gasteiger partial charge in [0.05, 0.1) is 23.7 Å². The van der Waals surface area contributed by atoms with Gasteiger partial charge in [0, 0.05) is 5.56 Å². The molecule has 0 fully saturated rings. The quantitative estimate of drug-likeness (QED) is 0.296. The summed E-state index contributed by atoms with van der Waals surface area (Å²) in [6.07, 6.45) is -9.97. The molecule has 1 heterocycles. The Hall–Kier alpha value is -4.15. The van der Waals surface area contributed by atoms with Gasteiger partial charge in [-0.25, -0.2) is 4.68 Å². The molecular formula is C26H20F6N4O. The number of benzene rings is 3. The van der Waals surface area contributed by atoms with Gasteiger partial charge < -0.3 is 5.32 Å². The van der Waals surface area contributed by atoms with Crippen molar-refractivity contribution in [3.63, 3.8) is 0 Å². The fourth-order valence-electron chi connectivity index (χ4n) is 3.83. The van der Waals surface area contributed by atoms with Crippen LogP contribution < -0.4 is 5.32 Å². The number of halogens is 6. The van der Waals surface area contributed by atoms with E-state index in [4.69, 9.17) is 0 Å². The molecule has 0 bridgehead atoms. The van der Waals surface area contributed by atoms with E-state index in [0.29, 0.717) is 17.7 Å². The van der Waals surface area contributed by atoms with Crippen LogP contribution >= 0.6 is 0 Å². The van der Waals surface area contributed by atoms with Crippen molar-refractivity contribution in [2.24, 2.45) is 0 Å². The molecule has 0 radical (unpaired) electrons. The van der Waals surface area contributed by atoms with Crippen LogP contribution in [0.25, 0.3) is 11.3 Å². The molecule has 0 unspecified atom stereocenters. The number of carbonyl (C=O) groups is 1. The number of nitrogens with zero attached hydrogens (tertiary/aromatic N) is 3. The van der Waals surface area contributed by atoms with Crippen molar-refractivity contribution < 1.29 is 31.1 Å². The van der Waals surface area contributed by atoms with Gasteiger partial charge in [0.2, 0.25) is 0 Å². The summed E-state index contributed by atoms with van der Waals surface area (Å²) in [6.45, 7) is 1.28. The molecule has 1 aromatic heterocycles. The Morgan fingerprint density at radius 1 is 0.865 bits per heavy atom. The number of carbonyl (C=O) groups excluding carboxylic acids is 1. The predicted octanol–water partition coefficient (Wildman–Crippen LogP) is 6.52. The topological polar surface area (TPSA) is 59.8 Å². The Kier molecular flexibility index (Phi) is 7.06. The third-order valence-corrected chi connectivity index (χ3v) is 5.62. The van der Waals surface area contributed by atoms with Gasteiger partial charge in [-0.15, -0.1) is 5.10 Å². The van der Waals surface area contributed by atoms with Crippen molar-refractivity contribution in [1.82, 2.24) is 20.3 Å². The van der Waals surface area contributed by atoms with E-state index in [1.807, 2.05) is 30.3 Å². The zero-order valence-electron chi connectivity index (χ0n) is 19.3. The van der Waals surface area contributed by atoms with Crippen molar-refractivity contribution in [1.29, 1.82) is 0 Å². The van der Waals surface area contributed by atoms with Crippen LogP contribution in [0.2, 0.25) is 0 Å². The lowest BCUT2D eigenvalue weighted by Gasteiger charge is -2.16. The summed E-state index contributed by atoms with van der Waals surface area (Å²) in [5.41, 5.74) is -1.84. The fourth-order valence-corrected chi connectivity index (χ4v) is 3.83. The third kappa shape index (κ3) is 5.99. The molecule has 0 saturated carbocycles. The molecule has 5 nitrogen and oxygen atoms in total. The Labute approximate surface area is 207 Å². The second-order valence-corrected chi connectivity index (χ2v) is 8.33. The summed E-state index contributed by atoms with van der Waals surface area (Å²) in [5.74, 6) is -0.596. The van der Waals surface area contributed by atoms with Crippen LogP contribution in [-0.4, -0.2) is 20.9 Å². The molecule has 0 spiro atoms. The largest absolute Gasteiger partial charge is 0.416 e. The summed E-state index contributed by atoms with van der Waals surface area (Å²) in [6, 6.07) is 18.4. The summed E-state index contributed by atoms with van der Waals surface area (Å²) in [7, 11) is 0. The Bertz CT molecular complexity index is 1350. The number of alkyl halides is 6. The summed E-state index contributed by atoms with van der Waals surface area (Å²) < 4.78 is 81.1. The van der Waals surface area contributed by atoms with Gasteiger partial charge in [-0.2, -0.15) is 26.3 Å². The molecule has 11 heteroatoms. The van der Waals surface area contributed by atoms with Crippen molar-refractivity contribution in [2.45, 2.75) is 31.9 Å². The molecule has 0 aliphatic heterocycles. The van der Waals surface area contributed by atoms with Crippen LogP contribution in [0.1, 0.15) is 45.7 Å². The normalized spacial score (nSPS) is 12.8. The third-order valence-electron chi connectivity index (χ3n) is 5.62. The zero-order valence-corrected chi connectivity index (χ0v) is 19.3. The number of hydrogen-bond donors (Lipinski definition) is 1. The Balaban J connectivity index is 1.74. The number of hydrogen-bond acceptors (Lipinski definition) is 3. The molecule has 0 aliphatic rings. The lowest BCUT2D eigenvalue weighted by molar-refractivity contribution is -0.143. The van der Waals surface area contributed by atoms with E-state index in [2.05, 4.69) is 15.6 Å². The van der Waals surface area contributed by atoms with Crippen LogP contribution in [0.3, 0.4) is 0 Å². The second kappa shape index (κ2) is 10.1. The summed E-state index contributed by atoms with van der Waals surface area (Å²) in [5, 5.41) is 10.7. The summed E-state index contributed by atoms with van der Waals surface area (Å²) in [4.78, 5) is 13.1. The Morgan fingerprint density at radius 3 is 1.95 bits per heavy atom. The van der Waals surface area contributed by atoms with Gasteiger partial charge in [-0.05, 0) is 36.2 Å². The van der Waals surface area contributed by atoms with Crippen LogP contribution in [0.4, 0.5) is 26.3 Å². The average molecular weight is 518 g/mol. The minimum atomic E-state index is -4.99. The van der Waals surface area contributed by atoms with E-state index in [0.717, 1.165) is 10.2 Å². The van der Waals surface area contributed by atoms with Gasteiger partial charge in [-0.3, -0.25) is 4.79 Å². The molecule has 37 heavy (non-hydrogen) atoms. The van der Waals surface area contributed by atoms with Gasteiger partial charge in [0.15, 0.2) is 5.69 Å². The van der Waals surface area contributed by atoms with Gasteiger partial charge in [0.1, 0.15) is 5.69 Å². The highest BCUT2D eigenvalue weighted by Crippen LogP contribution is 2.36. The van der Waals surface area contributed by atoms with Crippen molar-refractivity contribution in [2.75, 3.05) is 0 Å². The minimum Gasteiger partial charge on any atom is -0.344 e. The van der Waals surface area contributed by atoms with Crippen molar-refractivity contribution in [3.8, 4) is 11.3 Å². The molecule has 4 aromatic rings. The number of nitrogens with one attached hydrogen (secondary N) is 1. The SMILES string of the molecule is C[C@H](NC(=O)c1nnn(Cc2cc(C(F)(F)F)cc(C(F)(F)F)c2)c1-c1ccccc1)c1ccccc1. The predicted molar refractivity (Wildman–Crippen MR) is 123 cm³/mol. The highest BCUT2D eigenvalue weighted by atomic mass is 19.4. The van der Waals surface area contributed by atoms with E-state index in [1.165, 1.54) is 0 Å². The summed E-state index contributed by atoms with van der Waals surface area (Å²) >= 11 is 0. The molecule has 3 aromatic carbocycles. The molecule has 4 rings (SSSR count). The minimum absolute atomic E-state index is 0.0623. The highest BCUT2D eigenvalue weighted by molar-refractivity contribution is 5.98. The smallest absolute Gasteiger partial charge is 0.344 e. The second-order valence-electron chi connectivity index (χ2n) is 8.33. The highest BCUT2D eigenvalue weighted by Gasteiger charge is 2.37. The number of amides is 1. The maximum atomic E-state index is 13.3. The molecule has 0 aliphatic carbocycles. The van der Waals surface area contributed by atoms with Crippen molar-refractivity contribution >= 4 is 5.91 Å². The van der Waals surface area contributed by atoms with E-state index >= 15 is 0 Å².